The second-order valence-electron chi connectivity index (χ2n) is 33.3. The summed E-state index contributed by atoms with van der Waals surface area (Å²) in [5, 5.41) is 29.0. The van der Waals surface area contributed by atoms with Gasteiger partial charge >= 0.3 is 0 Å². The first-order valence-corrected chi connectivity index (χ1v) is 46.4. The van der Waals surface area contributed by atoms with Crippen LogP contribution in [-0.4, -0.2) is 125 Å². The van der Waals surface area contributed by atoms with Gasteiger partial charge in [0.1, 0.15) is 57.5 Å². The first-order chi connectivity index (χ1) is 70.8. The summed E-state index contributed by atoms with van der Waals surface area (Å²) in [5.74, 6) is -5.79. The maximum atomic E-state index is 14.6. The van der Waals surface area contributed by atoms with E-state index in [2.05, 4.69) is 53.2 Å². The molecule has 10 amide bonds. The Bertz CT molecular complexity index is 5660. The van der Waals surface area contributed by atoms with E-state index in [0.717, 1.165) is 0 Å². The van der Waals surface area contributed by atoms with Crippen LogP contribution in [0.2, 0.25) is 0 Å². The first-order valence-electron chi connectivity index (χ1n) is 46.4. The molecule has 0 heterocycles. The first kappa shape index (κ1) is 99.0. The van der Waals surface area contributed by atoms with E-state index in [0.29, 0.717) is 56.9 Å². The zero-order valence-corrected chi connectivity index (χ0v) is 78.4. The normalized spacial score (nSPS) is 11.2. The van der Waals surface area contributed by atoms with Crippen molar-refractivity contribution in [2.75, 3.05) is 119 Å². The molecule has 30 nitrogen and oxygen atoms in total. The number of rotatable bonds is 40. The van der Waals surface area contributed by atoms with Gasteiger partial charge in [0.25, 0.3) is 59.1 Å². The lowest BCUT2D eigenvalue weighted by molar-refractivity contribution is -0.118. The van der Waals surface area contributed by atoms with Crippen molar-refractivity contribution in [3.05, 3.63) is 420 Å². The lowest BCUT2D eigenvalue weighted by Crippen LogP contribution is -2.22. The van der Waals surface area contributed by atoms with Gasteiger partial charge in [0.2, 0.25) is 0 Å². The van der Waals surface area contributed by atoms with Crippen LogP contribution in [0.1, 0.15) is 55.6 Å². The molecule has 0 radical (unpaired) electrons. The van der Waals surface area contributed by atoms with Crippen molar-refractivity contribution in [1.29, 1.82) is 0 Å². The lowest BCUT2D eigenvalue weighted by atomic mass is 9.94. The van der Waals surface area contributed by atoms with Crippen LogP contribution in [0.5, 0.6) is 57.5 Å². The number of nitrogens with one attached hydrogen (secondary N) is 10. The summed E-state index contributed by atoms with van der Waals surface area (Å²) < 4.78 is 68.2. The van der Waals surface area contributed by atoms with Crippen LogP contribution in [0.25, 0.3) is 0 Å². The molecule has 0 aromatic heterocycles. The Morgan fingerprint density at radius 1 is 0.138 bits per heavy atom. The van der Waals surface area contributed by atoms with Crippen molar-refractivity contribution in [2.45, 2.75) is 32.1 Å². The fourth-order valence-corrected chi connectivity index (χ4v) is 15.6. The largest absolute Gasteiger partial charge is 0.483 e. The van der Waals surface area contributed by atoms with Gasteiger partial charge in [-0.3, -0.25) is 47.9 Å². The van der Waals surface area contributed by atoms with Gasteiger partial charge in [0.05, 0.1) is 0 Å². The minimum Gasteiger partial charge on any atom is -0.483 e. The second kappa shape index (κ2) is 50.0. The molecule has 30 heteroatoms. The van der Waals surface area contributed by atoms with Crippen LogP contribution in [0.15, 0.2) is 364 Å². The number of para-hydroxylation sites is 10. The smallest absolute Gasteiger partial charge is 0.262 e. The van der Waals surface area contributed by atoms with E-state index in [1.165, 1.54) is 0 Å². The molecular formula is C115H100N10O20. The Kier molecular flexibility index (Phi) is 34.2. The second-order valence-corrected chi connectivity index (χ2v) is 33.3. The maximum Gasteiger partial charge on any atom is 0.262 e. The summed E-state index contributed by atoms with van der Waals surface area (Å²) in [7, 11) is 0. The summed E-state index contributed by atoms with van der Waals surface area (Å²) in [6.45, 7) is -6.44. The van der Waals surface area contributed by atoms with Gasteiger partial charge in [0, 0.05) is 145 Å². The van der Waals surface area contributed by atoms with Crippen molar-refractivity contribution < 1.29 is 95.3 Å². The summed E-state index contributed by atoms with van der Waals surface area (Å²) in [4.78, 5) is 146. The molecule has 15 aromatic rings. The maximum absolute atomic E-state index is 14.6. The number of hydrogen-bond donors (Lipinski definition) is 10. The number of anilines is 10. The van der Waals surface area contributed by atoms with Gasteiger partial charge in [-0.05, 0) is 182 Å². The zero-order valence-electron chi connectivity index (χ0n) is 78.4. The van der Waals surface area contributed by atoms with Crippen molar-refractivity contribution in [3.63, 3.8) is 0 Å². The monoisotopic (exact) mass is 1940 g/mol. The number of carbonyl (C=O) groups excluding carboxylic acids is 10. The van der Waals surface area contributed by atoms with E-state index in [1.54, 1.807) is 364 Å². The third kappa shape index (κ3) is 30.0. The highest BCUT2D eigenvalue weighted by Crippen LogP contribution is 2.44. The van der Waals surface area contributed by atoms with Gasteiger partial charge in [-0.25, -0.2) is 0 Å². The van der Waals surface area contributed by atoms with E-state index in [-0.39, 0.29) is 145 Å². The lowest BCUT2D eigenvalue weighted by Gasteiger charge is -2.22. The van der Waals surface area contributed by atoms with Crippen LogP contribution in [0, 0.1) is 0 Å². The molecule has 145 heavy (non-hydrogen) atoms. The van der Waals surface area contributed by atoms with Crippen LogP contribution in [0.4, 0.5) is 56.9 Å². The van der Waals surface area contributed by atoms with Crippen LogP contribution >= 0.6 is 0 Å². The van der Waals surface area contributed by atoms with Crippen LogP contribution in [-0.2, 0) is 80.0 Å². The predicted molar refractivity (Wildman–Crippen MR) is 552 cm³/mol. The summed E-state index contributed by atoms with van der Waals surface area (Å²) in [6, 6.07) is 103. The molecule has 0 aliphatic heterocycles. The van der Waals surface area contributed by atoms with Gasteiger partial charge in [-0.15, -0.1) is 0 Å². The molecule has 0 spiro atoms. The Balaban J connectivity index is 0.960. The highest BCUT2D eigenvalue weighted by Gasteiger charge is 2.29. The van der Waals surface area contributed by atoms with Crippen LogP contribution in [0.3, 0.4) is 0 Å². The number of amides is 10. The molecule has 0 fully saturated rings. The van der Waals surface area contributed by atoms with Crippen molar-refractivity contribution in [3.8, 4) is 57.5 Å². The van der Waals surface area contributed by atoms with E-state index in [9.17, 15) is 47.9 Å². The molecule has 25 rings (SSSR count). The third-order valence-corrected chi connectivity index (χ3v) is 22.3. The molecule has 10 aliphatic rings. The standard InChI is InChI=1S/C115H100N10O20/c126-106(116-86-31-11-1-12-32-86)66-136-96-56-77-52-79-59-101(141-71-111(131)121-91-41-21-6-22-42-91)81(61-100(79)140-70-110(130)120-90-39-19-5-20-40-90)54-83-63-105(145-75-115(135)125-95-49-29-10-30-50-95)85(65-104(83)144-74-114(134)124-94-47-27-9-28-48-94)55-84-64-102(142-72-112(132)122-92-43-23-7-24-44-92)82(62-103(84)143-73-113(133)123-93-45-25-8-26-46-93)53-80-60-98(138-68-108(128)118-88-35-15-3-16-36-88)78(58-99(80)139-69-109(129)119-89-37-17-4-18-38-89)51-76(96)57-97(77)137-67-107(127)117-87-33-13-2-14-34-87/h1-50,56-65H,51-55,66-75H2,(H,116,126)(H,117,127)(H,118,128)(H,119,129)(H,120,130)(H,121,131)(H,122,132)(H,123,133)(H,124,134)(H,125,135). The molecule has 10 N–H and O–H groups in total. The molecule has 0 unspecified atom stereocenters. The number of carbonyl (C=O) groups is 10. The molecule has 10 aliphatic carbocycles. The van der Waals surface area contributed by atoms with Gasteiger partial charge in [-0.1, -0.05) is 182 Å². The minimum absolute atomic E-state index is 0.0221. The molecular weight excluding hydrogens is 1840 g/mol. The quantitative estimate of drug-likeness (QED) is 0.0170. The number of benzene rings is 15. The number of ether oxygens (including phenoxy) is 10. The molecule has 0 saturated carbocycles. The van der Waals surface area contributed by atoms with E-state index in [1.807, 2.05) is 0 Å². The summed E-state index contributed by atoms with van der Waals surface area (Å²) in [5.41, 5.74) is 6.89. The SMILES string of the molecule is O=C(COc1cc2c(OCC(=O)Nc3ccccc3)cc1Cc1cc(OCC(=O)Nc3ccccc3)c(cc1OCC(=O)Nc1ccccc1)Cc1cc(OCC(=O)Nc3ccccc3)c(cc1OCC(=O)Nc1ccccc1)Cc1cc(OCC(=O)Nc3ccccc3)c(cc1OCC(=O)Nc1ccccc1)Cc1cc(OCC(=O)Nc3ccccc3)c(cc1OCC(=O)Nc1ccccc1)C2)Nc1ccccc1. The fourth-order valence-electron chi connectivity index (χ4n) is 15.6. The highest BCUT2D eigenvalue weighted by atomic mass is 16.5. The van der Waals surface area contributed by atoms with E-state index in [4.69, 9.17) is 47.4 Å². The Morgan fingerprint density at radius 2 is 0.221 bits per heavy atom. The zero-order chi connectivity index (χ0) is 100. The average Bonchev–Trinajstić information content (AvgIpc) is 1.50. The predicted octanol–water partition coefficient (Wildman–Crippen LogP) is 18.1. The molecule has 10 bridgehead atoms. The van der Waals surface area contributed by atoms with E-state index < -0.39 is 125 Å². The Morgan fingerprint density at radius 3 is 0.303 bits per heavy atom. The molecule has 0 atom stereocenters. The van der Waals surface area contributed by atoms with E-state index >= 15 is 0 Å². The minimum atomic E-state index is -0.644. The fraction of sp³-hybridized carbons (Fsp3) is 0.130. The van der Waals surface area contributed by atoms with Crippen LogP contribution < -0.4 is 101 Å². The van der Waals surface area contributed by atoms with Gasteiger partial charge in [0.15, 0.2) is 66.1 Å². The third-order valence-electron chi connectivity index (χ3n) is 22.3. The van der Waals surface area contributed by atoms with Gasteiger partial charge < -0.3 is 101 Å². The summed E-state index contributed by atoms with van der Waals surface area (Å²) >= 11 is 0. The topological polar surface area (TPSA) is 383 Å². The van der Waals surface area contributed by atoms with Gasteiger partial charge in [-0.2, -0.15) is 0 Å². The number of hydrogen-bond acceptors (Lipinski definition) is 20. The van der Waals surface area contributed by atoms with Crippen molar-refractivity contribution >= 4 is 116 Å². The molecule has 15 aromatic carbocycles. The highest BCUT2D eigenvalue weighted by molar-refractivity contribution is 5.98. The molecule has 0 saturated heterocycles. The summed E-state index contributed by atoms with van der Waals surface area (Å²) in [6.07, 6.45) is -1.38. The Hall–Kier alpha value is -19.0. The average molecular weight is 1940 g/mol. The van der Waals surface area contributed by atoms with Crippen molar-refractivity contribution in [2.24, 2.45) is 0 Å². The van der Waals surface area contributed by atoms with Crippen molar-refractivity contribution in [1.82, 2.24) is 0 Å². The molecule has 730 valence electrons. The Labute approximate surface area is 835 Å².